The number of nitrogens with zero attached hydrogens (tertiary/aromatic N) is 1. The maximum atomic E-state index is 13.4. The molecular formula is C16H16NO4P. The average molecular weight is 317 g/mol. The largest absolute Gasteiger partial charge is 0.515 e. The molecule has 0 radical (unpaired) electrons. The van der Waals surface area contributed by atoms with Gasteiger partial charge in [0.2, 0.25) is 0 Å². The summed E-state index contributed by atoms with van der Waals surface area (Å²) in [5.41, 5.74) is 1.79. The normalized spacial score (nSPS) is 20.0. The van der Waals surface area contributed by atoms with E-state index in [9.17, 15) is 4.57 Å². The molecule has 2 aliphatic heterocycles. The molecule has 2 aliphatic rings. The highest BCUT2D eigenvalue weighted by atomic mass is 31.2. The van der Waals surface area contributed by atoms with Gasteiger partial charge in [-0.3, -0.25) is 0 Å². The minimum atomic E-state index is -3.44. The predicted octanol–water partition coefficient (Wildman–Crippen LogP) is 3.57. The van der Waals surface area contributed by atoms with Gasteiger partial charge in [0.15, 0.2) is 0 Å². The van der Waals surface area contributed by atoms with Crippen LogP contribution in [0.2, 0.25) is 0 Å². The van der Waals surface area contributed by atoms with Crippen molar-refractivity contribution in [3.63, 3.8) is 0 Å². The van der Waals surface area contributed by atoms with Crippen LogP contribution in [0.3, 0.4) is 0 Å². The third kappa shape index (κ3) is 2.31. The Morgan fingerprint density at radius 2 is 1.32 bits per heavy atom. The Morgan fingerprint density at radius 1 is 0.818 bits per heavy atom. The van der Waals surface area contributed by atoms with Crippen molar-refractivity contribution < 1.29 is 18.3 Å². The highest BCUT2D eigenvalue weighted by Crippen LogP contribution is 2.57. The van der Waals surface area contributed by atoms with Gasteiger partial charge in [-0.2, -0.15) is 4.67 Å². The zero-order valence-corrected chi connectivity index (χ0v) is 12.9. The standard InChI is InChI=1S/C16H16NO4P/c18-22(17-9-11-19-12-10-17)20-15-7-3-1-5-13(15)14-6-2-4-8-16(14)21-22/h1-8H,9-12H2. The molecule has 0 unspecified atom stereocenters. The predicted molar refractivity (Wildman–Crippen MR) is 83.1 cm³/mol. The molecule has 0 amide bonds. The maximum Gasteiger partial charge on any atom is 0.515 e. The molecule has 2 aromatic carbocycles. The van der Waals surface area contributed by atoms with Gasteiger partial charge in [0.05, 0.1) is 13.2 Å². The molecule has 6 heteroatoms. The Kier molecular flexibility index (Phi) is 3.41. The highest BCUT2D eigenvalue weighted by molar-refractivity contribution is 7.52. The number of ether oxygens (including phenoxy) is 1. The zero-order chi connectivity index (χ0) is 15.0. The summed E-state index contributed by atoms with van der Waals surface area (Å²) >= 11 is 0. The fraction of sp³-hybridized carbons (Fsp3) is 0.250. The van der Waals surface area contributed by atoms with Gasteiger partial charge < -0.3 is 13.8 Å². The van der Waals surface area contributed by atoms with Gasteiger partial charge in [-0.25, -0.2) is 4.57 Å². The number of morpholine rings is 1. The van der Waals surface area contributed by atoms with Crippen molar-refractivity contribution >= 4 is 7.75 Å². The molecule has 0 saturated carbocycles. The van der Waals surface area contributed by atoms with Crippen molar-refractivity contribution in [3.05, 3.63) is 48.5 Å². The summed E-state index contributed by atoms with van der Waals surface area (Å²) in [6.45, 7) is 2.11. The van der Waals surface area contributed by atoms with Crippen LogP contribution in [0.15, 0.2) is 48.5 Å². The molecule has 0 atom stereocenters. The van der Waals surface area contributed by atoms with Gasteiger partial charge in [-0.05, 0) is 12.1 Å². The van der Waals surface area contributed by atoms with Crippen molar-refractivity contribution in [1.29, 1.82) is 0 Å². The Bertz CT molecular complexity index is 691. The van der Waals surface area contributed by atoms with Crippen molar-refractivity contribution in [1.82, 2.24) is 4.67 Å². The van der Waals surface area contributed by atoms with Crippen LogP contribution in [0.5, 0.6) is 11.5 Å². The zero-order valence-electron chi connectivity index (χ0n) is 12.0. The van der Waals surface area contributed by atoms with Crippen molar-refractivity contribution in [2.24, 2.45) is 0 Å². The van der Waals surface area contributed by atoms with Gasteiger partial charge in [-0.1, -0.05) is 36.4 Å². The lowest BCUT2D eigenvalue weighted by molar-refractivity contribution is 0.0629. The lowest BCUT2D eigenvalue weighted by atomic mass is 10.0. The van der Waals surface area contributed by atoms with Crippen LogP contribution >= 0.6 is 7.75 Å². The minimum Gasteiger partial charge on any atom is -0.404 e. The molecule has 0 bridgehead atoms. The second kappa shape index (κ2) is 5.43. The second-order valence-electron chi connectivity index (χ2n) is 5.21. The lowest BCUT2D eigenvalue weighted by Gasteiger charge is -2.31. The smallest absolute Gasteiger partial charge is 0.404 e. The van der Waals surface area contributed by atoms with Crippen LogP contribution in [-0.2, 0) is 9.30 Å². The summed E-state index contributed by atoms with van der Waals surface area (Å²) in [5, 5.41) is 0. The summed E-state index contributed by atoms with van der Waals surface area (Å²) in [4.78, 5) is 0. The Balaban J connectivity index is 1.84. The van der Waals surface area contributed by atoms with E-state index in [1.165, 1.54) is 0 Å². The van der Waals surface area contributed by atoms with Gasteiger partial charge in [-0.15, -0.1) is 0 Å². The van der Waals surface area contributed by atoms with Crippen LogP contribution in [0, 0.1) is 0 Å². The third-order valence-corrected chi connectivity index (χ3v) is 5.77. The van der Waals surface area contributed by atoms with E-state index in [1.807, 2.05) is 48.5 Å². The SMILES string of the molecule is O=P1(N2CCOCC2)Oc2ccccc2-c2ccccc2O1. The quantitative estimate of drug-likeness (QED) is 0.753. The van der Waals surface area contributed by atoms with E-state index in [4.69, 9.17) is 13.8 Å². The molecule has 0 aliphatic carbocycles. The van der Waals surface area contributed by atoms with E-state index in [0.29, 0.717) is 37.8 Å². The van der Waals surface area contributed by atoms with Crippen LogP contribution in [0.25, 0.3) is 11.1 Å². The van der Waals surface area contributed by atoms with Gasteiger partial charge in [0, 0.05) is 24.2 Å². The number of rotatable bonds is 1. The van der Waals surface area contributed by atoms with Crippen LogP contribution in [0.1, 0.15) is 0 Å². The first kappa shape index (κ1) is 13.8. The van der Waals surface area contributed by atoms with E-state index in [2.05, 4.69) is 0 Å². The molecular weight excluding hydrogens is 301 g/mol. The molecule has 114 valence electrons. The van der Waals surface area contributed by atoms with Crippen molar-refractivity contribution in [3.8, 4) is 22.6 Å². The van der Waals surface area contributed by atoms with E-state index in [-0.39, 0.29) is 0 Å². The van der Waals surface area contributed by atoms with E-state index >= 15 is 0 Å². The first-order valence-electron chi connectivity index (χ1n) is 7.27. The molecule has 0 aromatic heterocycles. The highest BCUT2D eigenvalue weighted by Gasteiger charge is 2.41. The number of hydrogen-bond donors (Lipinski definition) is 0. The van der Waals surface area contributed by atoms with Crippen molar-refractivity contribution in [2.45, 2.75) is 0 Å². The maximum absolute atomic E-state index is 13.4. The van der Waals surface area contributed by atoms with E-state index in [1.54, 1.807) is 4.67 Å². The first-order chi connectivity index (χ1) is 10.8. The molecule has 0 spiro atoms. The molecule has 1 fully saturated rings. The molecule has 5 nitrogen and oxygen atoms in total. The second-order valence-corrected chi connectivity index (χ2v) is 7.08. The summed E-state index contributed by atoms with van der Waals surface area (Å²) in [5.74, 6) is 1.17. The summed E-state index contributed by atoms with van der Waals surface area (Å²) in [7, 11) is -3.44. The molecule has 4 rings (SSSR count). The van der Waals surface area contributed by atoms with Crippen molar-refractivity contribution in [2.75, 3.05) is 26.3 Å². The molecule has 0 N–H and O–H groups in total. The van der Waals surface area contributed by atoms with E-state index < -0.39 is 7.75 Å². The van der Waals surface area contributed by atoms with Gasteiger partial charge in [0.25, 0.3) is 0 Å². The average Bonchev–Trinajstić information content (AvgIpc) is 2.70. The number of benzene rings is 2. The molecule has 2 aromatic rings. The Morgan fingerprint density at radius 3 is 1.86 bits per heavy atom. The molecule has 1 saturated heterocycles. The molecule has 22 heavy (non-hydrogen) atoms. The lowest BCUT2D eigenvalue weighted by Crippen LogP contribution is -2.36. The van der Waals surface area contributed by atoms with Crippen LogP contribution in [0.4, 0.5) is 0 Å². The topological polar surface area (TPSA) is 48.0 Å². The summed E-state index contributed by atoms with van der Waals surface area (Å²) in [6.07, 6.45) is 0. The summed E-state index contributed by atoms with van der Waals surface area (Å²) in [6, 6.07) is 15.2. The Hall–Kier alpha value is -1.81. The third-order valence-electron chi connectivity index (χ3n) is 3.83. The van der Waals surface area contributed by atoms with Crippen LogP contribution in [-0.4, -0.2) is 31.0 Å². The number of para-hydroxylation sites is 2. The molecule has 2 heterocycles. The monoisotopic (exact) mass is 317 g/mol. The fourth-order valence-corrected chi connectivity index (χ4v) is 4.46. The fourth-order valence-electron chi connectivity index (χ4n) is 2.72. The first-order valence-corrected chi connectivity index (χ1v) is 8.77. The number of hydrogen-bond acceptors (Lipinski definition) is 4. The number of fused-ring (bicyclic) bond motifs is 3. The van der Waals surface area contributed by atoms with Gasteiger partial charge in [0.1, 0.15) is 11.5 Å². The minimum absolute atomic E-state index is 0.528. The van der Waals surface area contributed by atoms with E-state index in [0.717, 1.165) is 11.1 Å². The van der Waals surface area contributed by atoms with Crippen LogP contribution < -0.4 is 9.05 Å². The summed E-state index contributed by atoms with van der Waals surface area (Å²) < 4.78 is 32.2. The Labute approximate surface area is 129 Å². The van der Waals surface area contributed by atoms with Gasteiger partial charge >= 0.3 is 7.75 Å².